The fourth-order valence-electron chi connectivity index (χ4n) is 3.85. The minimum absolute atomic E-state index is 0.0927. The lowest BCUT2D eigenvalue weighted by molar-refractivity contribution is -0.112. The Kier molecular flexibility index (Phi) is 2.54. The van der Waals surface area contributed by atoms with Crippen LogP contribution in [0.3, 0.4) is 0 Å². The first-order chi connectivity index (χ1) is 6.61. The molecule has 2 heteroatoms. The van der Waals surface area contributed by atoms with E-state index in [4.69, 9.17) is 0 Å². The van der Waals surface area contributed by atoms with E-state index in [1.807, 2.05) is 0 Å². The lowest BCUT2D eigenvalue weighted by atomic mass is 9.63. The van der Waals surface area contributed by atoms with Gasteiger partial charge in [-0.2, -0.15) is 0 Å². The van der Waals surface area contributed by atoms with E-state index >= 15 is 0 Å². The monoisotopic (exact) mass is 195 g/mol. The molecule has 2 fully saturated rings. The van der Waals surface area contributed by atoms with E-state index in [2.05, 4.69) is 19.2 Å². The van der Waals surface area contributed by atoms with Crippen LogP contribution in [0.15, 0.2) is 0 Å². The standard InChI is InChI=1S/C12H21NO/c1-9-3-10-5-11(4-9)7-12(2,6-10)13-8-14/h8-11H,3-7H2,1-2H3,(H,13,14). The molecule has 0 radical (unpaired) electrons. The van der Waals surface area contributed by atoms with E-state index in [9.17, 15) is 4.79 Å². The maximum absolute atomic E-state index is 10.6. The molecule has 2 atom stereocenters. The maximum Gasteiger partial charge on any atom is 0.207 e. The smallest absolute Gasteiger partial charge is 0.207 e. The molecule has 2 bridgehead atoms. The second kappa shape index (κ2) is 3.56. The summed E-state index contributed by atoms with van der Waals surface area (Å²) in [4.78, 5) is 10.6. The molecule has 0 spiro atoms. The summed E-state index contributed by atoms with van der Waals surface area (Å²) in [5, 5.41) is 3.02. The van der Waals surface area contributed by atoms with Gasteiger partial charge in [-0.05, 0) is 56.8 Å². The highest BCUT2D eigenvalue weighted by Crippen LogP contribution is 2.46. The van der Waals surface area contributed by atoms with E-state index in [1.165, 1.54) is 32.1 Å². The number of rotatable bonds is 2. The third-order valence-corrected chi connectivity index (χ3v) is 4.02. The van der Waals surface area contributed by atoms with Gasteiger partial charge in [0.25, 0.3) is 0 Å². The highest BCUT2D eigenvalue weighted by molar-refractivity contribution is 5.47. The molecular weight excluding hydrogens is 174 g/mol. The fraction of sp³-hybridized carbons (Fsp3) is 0.917. The Balaban J connectivity index is 2.04. The maximum atomic E-state index is 10.6. The van der Waals surface area contributed by atoms with Gasteiger partial charge < -0.3 is 5.32 Å². The van der Waals surface area contributed by atoms with E-state index in [1.54, 1.807) is 0 Å². The van der Waals surface area contributed by atoms with Gasteiger partial charge in [0, 0.05) is 5.54 Å². The minimum atomic E-state index is 0.0927. The Bertz CT molecular complexity index is 208. The number of nitrogens with one attached hydrogen (secondary N) is 1. The Labute approximate surface area is 86.5 Å². The zero-order valence-corrected chi connectivity index (χ0v) is 9.25. The summed E-state index contributed by atoms with van der Waals surface area (Å²) in [6.07, 6.45) is 7.39. The molecule has 0 heterocycles. The molecule has 2 nitrogen and oxygen atoms in total. The quantitative estimate of drug-likeness (QED) is 0.673. The topological polar surface area (TPSA) is 29.1 Å². The van der Waals surface area contributed by atoms with Crippen LogP contribution in [0, 0.1) is 17.8 Å². The van der Waals surface area contributed by atoms with Crippen LogP contribution < -0.4 is 5.32 Å². The molecule has 1 amide bonds. The molecular formula is C12H21NO. The van der Waals surface area contributed by atoms with Gasteiger partial charge in [-0.15, -0.1) is 0 Å². The van der Waals surface area contributed by atoms with Crippen LogP contribution in [0.2, 0.25) is 0 Å². The SMILES string of the molecule is CC1CC2CC(C1)CC(C)(NC=O)C2. The number of fused-ring (bicyclic) bond motifs is 2. The highest BCUT2D eigenvalue weighted by Gasteiger charge is 2.40. The van der Waals surface area contributed by atoms with Crippen LogP contribution in [0.1, 0.15) is 46.0 Å². The molecule has 0 aromatic rings. The second-order valence-electron chi connectivity index (χ2n) is 5.78. The first-order valence-electron chi connectivity index (χ1n) is 5.82. The van der Waals surface area contributed by atoms with Crippen molar-refractivity contribution in [1.82, 2.24) is 5.32 Å². The zero-order chi connectivity index (χ0) is 10.2. The van der Waals surface area contributed by atoms with Crippen LogP contribution >= 0.6 is 0 Å². The van der Waals surface area contributed by atoms with E-state index in [-0.39, 0.29) is 5.54 Å². The molecule has 0 aromatic heterocycles. The van der Waals surface area contributed by atoms with Crippen molar-refractivity contribution in [2.24, 2.45) is 17.8 Å². The van der Waals surface area contributed by atoms with Crippen LogP contribution in [-0.4, -0.2) is 11.9 Å². The van der Waals surface area contributed by atoms with Crippen molar-refractivity contribution in [2.75, 3.05) is 0 Å². The molecule has 80 valence electrons. The Morgan fingerprint density at radius 2 is 1.79 bits per heavy atom. The lowest BCUT2D eigenvalue weighted by Gasteiger charge is -2.47. The van der Waals surface area contributed by atoms with Crippen LogP contribution in [0.25, 0.3) is 0 Å². The van der Waals surface area contributed by atoms with Gasteiger partial charge in [-0.25, -0.2) is 0 Å². The van der Waals surface area contributed by atoms with Crippen LogP contribution in [0.5, 0.6) is 0 Å². The van der Waals surface area contributed by atoms with Crippen LogP contribution in [-0.2, 0) is 4.79 Å². The van der Waals surface area contributed by atoms with Crippen molar-refractivity contribution in [2.45, 2.75) is 51.5 Å². The average molecular weight is 195 g/mol. The van der Waals surface area contributed by atoms with Gasteiger partial charge in [0.05, 0.1) is 0 Å². The molecule has 0 saturated heterocycles. The summed E-state index contributed by atoms with van der Waals surface area (Å²) < 4.78 is 0. The number of hydrogen-bond donors (Lipinski definition) is 1. The summed E-state index contributed by atoms with van der Waals surface area (Å²) in [6, 6.07) is 0. The molecule has 2 aliphatic rings. The predicted molar refractivity (Wildman–Crippen MR) is 56.8 cm³/mol. The third-order valence-electron chi connectivity index (χ3n) is 4.02. The molecule has 0 aliphatic heterocycles. The van der Waals surface area contributed by atoms with Gasteiger partial charge in [0.1, 0.15) is 0 Å². The van der Waals surface area contributed by atoms with Gasteiger partial charge in [-0.3, -0.25) is 4.79 Å². The minimum Gasteiger partial charge on any atom is -0.354 e. The van der Waals surface area contributed by atoms with Gasteiger partial charge in [-0.1, -0.05) is 6.92 Å². The summed E-state index contributed by atoms with van der Waals surface area (Å²) in [7, 11) is 0. The normalized spacial score (nSPS) is 47.1. The van der Waals surface area contributed by atoms with Crippen molar-refractivity contribution in [1.29, 1.82) is 0 Å². The number of hydrogen-bond acceptors (Lipinski definition) is 1. The Morgan fingerprint density at radius 1 is 1.21 bits per heavy atom. The molecule has 2 saturated carbocycles. The van der Waals surface area contributed by atoms with Crippen molar-refractivity contribution in [3.63, 3.8) is 0 Å². The van der Waals surface area contributed by atoms with Crippen molar-refractivity contribution < 1.29 is 4.79 Å². The van der Waals surface area contributed by atoms with Crippen LogP contribution in [0.4, 0.5) is 0 Å². The Morgan fingerprint density at radius 3 is 2.29 bits per heavy atom. The first kappa shape index (κ1) is 10.0. The van der Waals surface area contributed by atoms with Crippen molar-refractivity contribution >= 4 is 6.41 Å². The van der Waals surface area contributed by atoms with Crippen molar-refractivity contribution in [3.8, 4) is 0 Å². The zero-order valence-electron chi connectivity index (χ0n) is 9.25. The van der Waals surface area contributed by atoms with E-state index < -0.39 is 0 Å². The van der Waals surface area contributed by atoms with E-state index in [0.717, 1.165) is 24.2 Å². The number of carbonyl (C=O) groups excluding carboxylic acids is 1. The molecule has 0 aromatic carbocycles. The summed E-state index contributed by atoms with van der Waals surface area (Å²) in [5.41, 5.74) is 0.0927. The molecule has 2 rings (SSSR count). The summed E-state index contributed by atoms with van der Waals surface area (Å²) in [5.74, 6) is 2.62. The molecule has 1 N–H and O–H groups in total. The Hall–Kier alpha value is -0.530. The van der Waals surface area contributed by atoms with E-state index in [0.29, 0.717) is 0 Å². The first-order valence-corrected chi connectivity index (χ1v) is 5.82. The summed E-state index contributed by atoms with van der Waals surface area (Å²) in [6.45, 7) is 4.57. The fourth-order valence-corrected chi connectivity index (χ4v) is 3.85. The number of carbonyl (C=O) groups is 1. The highest BCUT2D eigenvalue weighted by atomic mass is 16.1. The average Bonchev–Trinajstić information content (AvgIpc) is 1.99. The molecule has 2 unspecified atom stereocenters. The third kappa shape index (κ3) is 1.94. The van der Waals surface area contributed by atoms with Crippen molar-refractivity contribution in [3.05, 3.63) is 0 Å². The number of amides is 1. The molecule has 14 heavy (non-hydrogen) atoms. The largest absolute Gasteiger partial charge is 0.354 e. The van der Waals surface area contributed by atoms with Gasteiger partial charge >= 0.3 is 0 Å². The van der Waals surface area contributed by atoms with Gasteiger partial charge in [0.2, 0.25) is 6.41 Å². The van der Waals surface area contributed by atoms with Gasteiger partial charge in [0.15, 0.2) is 0 Å². The predicted octanol–water partition coefficient (Wildman–Crippen LogP) is 2.34. The second-order valence-corrected chi connectivity index (χ2v) is 5.78. The summed E-state index contributed by atoms with van der Waals surface area (Å²) >= 11 is 0. The lowest BCUT2D eigenvalue weighted by Crippen LogP contribution is -2.49. The molecule has 2 aliphatic carbocycles.